The van der Waals surface area contributed by atoms with Crippen molar-refractivity contribution in [2.45, 2.75) is 13.0 Å². The van der Waals surface area contributed by atoms with Crippen LogP contribution < -0.4 is 4.90 Å². The summed E-state index contributed by atoms with van der Waals surface area (Å²) in [6.45, 7) is 5.25. The molecule has 0 aromatic carbocycles. The third-order valence-corrected chi connectivity index (χ3v) is 3.64. The molecule has 1 aromatic rings. The maximum Gasteiger partial charge on any atom is 0.312 e. The fourth-order valence-corrected chi connectivity index (χ4v) is 2.63. The molecule has 0 aliphatic carbocycles. The SMILES string of the molecule is C[C@@H](O)CN1CCN(c2ncc(Br)cc2[N+](=O)[O-])CC1. The fraction of sp³-hybridized carbons (Fsp3) is 0.583. The molecule has 8 heteroatoms. The number of anilines is 1. The number of rotatable bonds is 4. The zero-order valence-corrected chi connectivity index (χ0v) is 12.8. The Morgan fingerprint density at radius 3 is 2.70 bits per heavy atom. The molecule has 2 heterocycles. The Labute approximate surface area is 125 Å². The van der Waals surface area contributed by atoms with Crippen LogP contribution in [0.2, 0.25) is 0 Å². The average Bonchev–Trinajstić information content (AvgIpc) is 2.39. The number of piperazine rings is 1. The van der Waals surface area contributed by atoms with Gasteiger partial charge in [0, 0.05) is 49.5 Å². The molecule has 1 atom stereocenters. The van der Waals surface area contributed by atoms with E-state index in [0.717, 1.165) is 13.1 Å². The standard InChI is InChI=1S/C12H17BrN4O3/c1-9(18)8-15-2-4-16(5-3-15)12-11(17(19)20)6-10(13)7-14-12/h6-7,9,18H,2-5,8H2,1H3/t9-/m1/s1. The third kappa shape index (κ3) is 3.65. The smallest absolute Gasteiger partial charge is 0.312 e. The second-order valence-electron chi connectivity index (χ2n) is 4.89. The van der Waals surface area contributed by atoms with E-state index in [1.807, 2.05) is 4.90 Å². The number of halogens is 1. The first-order valence-electron chi connectivity index (χ1n) is 6.42. The second kappa shape index (κ2) is 6.47. The first-order chi connectivity index (χ1) is 9.47. The van der Waals surface area contributed by atoms with E-state index in [2.05, 4.69) is 25.8 Å². The molecule has 1 aliphatic heterocycles. The first kappa shape index (κ1) is 15.1. The molecule has 7 nitrogen and oxygen atoms in total. The normalized spacial score (nSPS) is 18.1. The van der Waals surface area contributed by atoms with Gasteiger partial charge >= 0.3 is 5.69 Å². The molecule has 0 amide bonds. The highest BCUT2D eigenvalue weighted by Crippen LogP contribution is 2.29. The van der Waals surface area contributed by atoms with Crippen LogP contribution in [0.25, 0.3) is 0 Å². The van der Waals surface area contributed by atoms with E-state index in [-0.39, 0.29) is 11.8 Å². The predicted octanol–water partition coefficient (Wildman–Crippen LogP) is 1.26. The largest absolute Gasteiger partial charge is 0.392 e. The van der Waals surface area contributed by atoms with Gasteiger partial charge in [-0.05, 0) is 22.9 Å². The van der Waals surface area contributed by atoms with Crippen LogP contribution in [0, 0.1) is 10.1 Å². The lowest BCUT2D eigenvalue weighted by molar-refractivity contribution is -0.384. The van der Waals surface area contributed by atoms with Crippen LogP contribution in [0.5, 0.6) is 0 Å². The fourth-order valence-electron chi connectivity index (χ4n) is 2.32. The van der Waals surface area contributed by atoms with E-state index in [1.54, 1.807) is 13.1 Å². The Morgan fingerprint density at radius 1 is 1.50 bits per heavy atom. The molecular formula is C12H17BrN4O3. The van der Waals surface area contributed by atoms with Crippen molar-refractivity contribution in [2.75, 3.05) is 37.6 Å². The van der Waals surface area contributed by atoms with Gasteiger partial charge in [-0.2, -0.15) is 0 Å². The highest BCUT2D eigenvalue weighted by molar-refractivity contribution is 9.10. The summed E-state index contributed by atoms with van der Waals surface area (Å²) in [6, 6.07) is 1.48. The Hall–Kier alpha value is -1.25. The van der Waals surface area contributed by atoms with Crippen molar-refractivity contribution in [1.29, 1.82) is 0 Å². The van der Waals surface area contributed by atoms with Crippen LogP contribution in [-0.4, -0.2) is 58.7 Å². The summed E-state index contributed by atoms with van der Waals surface area (Å²) < 4.78 is 0.598. The topological polar surface area (TPSA) is 82.7 Å². The molecule has 2 rings (SSSR count). The molecule has 1 aliphatic rings. The zero-order chi connectivity index (χ0) is 14.7. The van der Waals surface area contributed by atoms with Gasteiger partial charge in [0.05, 0.1) is 11.0 Å². The summed E-state index contributed by atoms with van der Waals surface area (Å²) in [5, 5.41) is 20.5. The summed E-state index contributed by atoms with van der Waals surface area (Å²) in [4.78, 5) is 18.9. The molecule has 20 heavy (non-hydrogen) atoms. The number of β-amino-alcohol motifs (C(OH)–C–C–N with tert-alkyl or cyclic N) is 1. The van der Waals surface area contributed by atoms with E-state index < -0.39 is 4.92 Å². The number of aliphatic hydroxyl groups is 1. The number of hydrogen-bond donors (Lipinski definition) is 1. The maximum atomic E-state index is 11.1. The van der Waals surface area contributed by atoms with Crippen LogP contribution in [0.15, 0.2) is 16.7 Å². The van der Waals surface area contributed by atoms with Gasteiger partial charge in [-0.1, -0.05) is 0 Å². The predicted molar refractivity (Wildman–Crippen MR) is 78.9 cm³/mol. The summed E-state index contributed by atoms with van der Waals surface area (Å²) in [6.07, 6.45) is 1.21. The van der Waals surface area contributed by atoms with Crippen LogP contribution in [-0.2, 0) is 0 Å². The minimum atomic E-state index is -0.407. The van der Waals surface area contributed by atoms with Gasteiger partial charge < -0.3 is 10.0 Å². The van der Waals surface area contributed by atoms with Crippen molar-refractivity contribution in [3.05, 3.63) is 26.9 Å². The highest BCUT2D eigenvalue weighted by atomic mass is 79.9. The average molecular weight is 345 g/mol. The van der Waals surface area contributed by atoms with Crippen molar-refractivity contribution in [3.8, 4) is 0 Å². The Morgan fingerprint density at radius 2 is 2.15 bits per heavy atom. The lowest BCUT2D eigenvalue weighted by atomic mass is 10.2. The minimum absolute atomic E-state index is 0.0170. The summed E-state index contributed by atoms with van der Waals surface area (Å²) >= 11 is 3.20. The van der Waals surface area contributed by atoms with E-state index in [4.69, 9.17) is 0 Å². The minimum Gasteiger partial charge on any atom is -0.392 e. The molecule has 0 bridgehead atoms. The lowest BCUT2D eigenvalue weighted by Crippen LogP contribution is -2.48. The summed E-state index contributed by atoms with van der Waals surface area (Å²) in [7, 11) is 0. The first-order valence-corrected chi connectivity index (χ1v) is 7.22. The number of aliphatic hydroxyl groups excluding tert-OH is 1. The molecule has 1 aromatic heterocycles. The van der Waals surface area contributed by atoms with Crippen molar-refractivity contribution in [2.24, 2.45) is 0 Å². The molecule has 0 unspecified atom stereocenters. The van der Waals surface area contributed by atoms with Crippen molar-refractivity contribution in [3.63, 3.8) is 0 Å². The van der Waals surface area contributed by atoms with Crippen molar-refractivity contribution >= 4 is 27.4 Å². The Bertz CT molecular complexity index is 490. The number of nitro groups is 1. The lowest BCUT2D eigenvalue weighted by Gasteiger charge is -2.35. The van der Waals surface area contributed by atoms with Crippen LogP contribution >= 0.6 is 15.9 Å². The van der Waals surface area contributed by atoms with Gasteiger partial charge in [0.1, 0.15) is 0 Å². The number of nitrogens with zero attached hydrogens (tertiary/aromatic N) is 4. The molecular weight excluding hydrogens is 328 g/mol. The van der Waals surface area contributed by atoms with Crippen molar-refractivity contribution in [1.82, 2.24) is 9.88 Å². The van der Waals surface area contributed by atoms with Gasteiger partial charge in [0.2, 0.25) is 5.82 Å². The van der Waals surface area contributed by atoms with Gasteiger partial charge in [0.25, 0.3) is 0 Å². The third-order valence-electron chi connectivity index (χ3n) is 3.20. The molecule has 0 radical (unpaired) electrons. The summed E-state index contributed by atoms with van der Waals surface area (Å²) in [5.41, 5.74) is 0.0170. The Balaban J connectivity index is 2.09. The molecule has 110 valence electrons. The molecule has 1 N–H and O–H groups in total. The highest BCUT2D eigenvalue weighted by Gasteiger charge is 2.25. The number of hydrogen-bond acceptors (Lipinski definition) is 6. The summed E-state index contributed by atoms with van der Waals surface area (Å²) in [5.74, 6) is 0.412. The Kier molecular flexibility index (Phi) is 4.90. The monoisotopic (exact) mass is 344 g/mol. The van der Waals surface area contributed by atoms with E-state index in [9.17, 15) is 15.2 Å². The van der Waals surface area contributed by atoms with E-state index >= 15 is 0 Å². The van der Waals surface area contributed by atoms with Gasteiger partial charge in [0.15, 0.2) is 0 Å². The van der Waals surface area contributed by atoms with Gasteiger partial charge in [-0.3, -0.25) is 15.0 Å². The van der Waals surface area contributed by atoms with Gasteiger partial charge in [-0.25, -0.2) is 4.98 Å². The molecule has 0 saturated carbocycles. The molecule has 0 spiro atoms. The van der Waals surface area contributed by atoms with Crippen LogP contribution in [0.3, 0.4) is 0 Å². The van der Waals surface area contributed by atoms with E-state index in [0.29, 0.717) is 29.9 Å². The quantitative estimate of drug-likeness (QED) is 0.653. The number of pyridine rings is 1. The van der Waals surface area contributed by atoms with Crippen LogP contribution in [0.4, 0.5) is 11.5 Å². The van der Waals surface area contributed by atoms with E-state index in [1.165, 1.54) is 6.07 Å². The van der Waals surface area contributed by atoms with Gasteiger partial charge in [-0.15, -0.1) is 0 Å². The maximum absolute atomic E-state index is 11.1. The second-order valence-corrected chi connectivity index (χ2v) is 5.81. The zero-order valence-electron chi connectivity index (χ0n) is 11.2. The van der Waals surface area contributed by atoms with Crippen LogP contribution in [0.1, 0.15) is 6.92 Å². The molecule has 1 saturated heterocycles. The number of aromatic nitrogens is 1. The molecule has 1 fully saturated rings. The van der Waals surface area contributed by atoms with Crippen molar-refractivity contribution < 1.29 is 10.0 Å².